The van der Waals surface area contributed by atoms with Crippen molar-refractivity contribution in [2.45, 2.75) is 50.9 Å². The SMILES string of the molecule is COc1ccc(CN(Cc2ccco2)C(c2cc3cc(OC)ccc3[nH]c2=O)c2nnnn2C2CCCC2)cc1. The number of H-pyrrole nitrogens is 1. The maximum absolute atomic E-state index is 13.8. The van der Waals surface area contributed by atoms with E-state index in [1.165, 1.54) is 0 Å². The molecular weight excluding hydrogens is 508 g/mol. The van der Waals surface area contributed by atoms with E-state index in [4.69, 9.17) is 13.9 Å². The second-order valence-corrected chi connectivity index (χ2v) is 10.2. The van der Waals surface area contributed by atoms with Crippen LogP contribution in [0.5, 0.6) is 11.5 Å². The average Bonchev–Trinajstić information content (AvgIpc) is 3.77. The van der Waals surface area contributed by atoms with E-state index >= 15 is 0 Å². The number of tetrazole rings is 1. The van der Waals surface area contributed by atoms with E-state index in [1.54, 1.807) is 20.5 Å². The first-order valence-electron chi connectivity index (χ1n) is 13.5. The van der Waals surface area contributed by atoms with Crippen LogP contribution in [-0.4, -0.2) is 44.3 Å². The number of fused-ring (bicyclic) bond motifs is 1. The van der Waals surface area contributed by atoms with Crippen LogP contribution >= 0.6 is 0 Å². The third kappa shape index (κ3) is 5.22. The summed E-state index contributed by atoms with van der Waals surface area (Å²) in [6.07, 6.45) is 5.94. The van der Waals surface area contributed by atoms with Gasteiger partial charge in [0.05, 0.1) is 33.1 Å². The van der Waals surface area contributed by atoms with Gasteiger partial charge in [0.15, 0.2) is 5.82 Å². The van der Waals surface area contributed by atoms with Gasteiger partial charge in [0, 0.05) is 23.0 Å². The number of rotatable bonds is 10. The molecule has 0 amide bonds. The van der Waals surface area contributed by atoms with Gasteiger partial charge in [0.25, 0.3) is 5.56 Å². The Labute approximate surface area is 231 Å². The number of hydrogen-bond donors (Lipinski definition) is 1. The molecule has 6 rings (SSSR count). The Balaban J connectivity index is 1.52. The molecule has 3 aromatic heterocycles. The normalized spacial score (nSPS) is 14.7. The van der Waals surface area contributed by atoms with Gasteiger partial charge in [0.2, 0.25) is 0 Å². The maximum atomic E-state index is 13.8. The minimum absolute atomic E-state index is 0.192. The predicted molar refractivity (Wildman–Crippen MR) is 149 cm³/mol. The van der Waals surface area contributed by atoms with Gasteiger partial charge in [-0.15, -0.1) is 5.10 Å². The molecule has 1 aliphatic rings. The van der Waals surface area contributed by atoms with E-state index in [0.717, 1.165) is 53.7 Å². The zero-order valence-electron chi connectivity index (χ0n) is 22.6. The number of aromatic nitrogens is 5. The van der Waals surface area contributed by atoms with Crippen LogP contribution in [0.25, 0.3) is 10.9 Å². The fourth-order valence-electron chi connectivity index (χ4n) is 5.63. The topological polar surface area (TPSA) is 111 Å². The molecule has 40 heavy (non-hydrogen) atoms. The molecule has 206 valence electrons. The van der Waals surface area contributed by atoms with Crippen LogP contribution in [0.15, 0.2) is 76.1 Å². The van der Waals surface area contributed by atoms with Crippen LogP contribution in [0, 0.1) is 0 Å². The Morgan fingerprint density at radius 1 is 1.02 bits per heavy atom. The maximum Gasteiger partial charge on any atom is 0.253 e. The van der Waals surface area contributed by atoms with Crippen molar-refractivity contribution < 1.29 is 13.9 Å². The van der Waals surface area contributed by atoms with E-state index < -0.39 is 6.04 Å². The molecule has 5 aromatic rings. The Morgan fingerprint density at radius 3 is 2.52 bits per heavy atom. The lowest BCUT2D eigenvalue weighted by Crippen LogP contribution is -2.35. The summed E-state index contributed by atoms with van der Waals surface area (Å²) in [5, 5.41) is 13.9. The highest BCUT2D eigenvalue weighted by molar-refractivity contribution is 5.80. The largest absolute Gasteiger partial charge is 0.497 e. The monoisotopic (exact) mass is 540 g/mol. The lowest BCUT2D eigenvalue weighted by atomic mass is 10.0. The highest BCUT2D eigenvalue weighted by Gasteiger charge is 2.34. The highest BCUT2D eigenvalue weighted by atomic mass is 16.5. The van der Waals surface area contributed by atoms with E-state index in [0.29, 0.717) is 30.2 Å². The van der Waals surface area contributed by atoms with Crippen LogP contribution in [0.1, 0.15) is 60.5 Å². The quantitative estimate of drug-likeness (QED) is 0.263. The average molecular weight is 541 g/mol. The second-order valence-electron chi connectivity index (χ2n) is 10.2. The molecule has 1 N–H and O–H groups in total. The minimum Gasteiger partial charge on any atom is -0.497 e. The summed E-state index contributed by atoms with van der Waals surface area (Å²) in [5.74, 6) is 2.91. The summed E-state index contributed by atoms with van der Waals surface area (Å²) < 4.78 is 18.5. The van der Waals surface area contributed by atoms with Crippen LogP contribution in [0.4, 0.5) is 0 Å². The number of nitrogens with zero attached hydrogens (tertiary/aromatic N) is 5. The molecule has 1 atom stereocenters. The van der Waals surface area contributed by atoms with Crippen molar-refractivity contribution in [1.29, 1.82) is 0 Å². The molecular formula is C30H32N6O4. The lowest BCUT2D eigenvalue weighted by Gasteiger charge is -2.31. The third-order valence-electron chi connectivity index (χ3n) is 7.66. The van der Waals surface area contributed by atoms with Gasteiger partial charge in [0.1, 0.15) is 23.3 Å². The fourth-order valence-corrected chi connectivity index (χ4v) is 5.63. The van der Waals surface area contributed by atoms with Crippen molar-refractivity contribution in [3.8, 4) is 11.5 Å². The number of benzene rings is 2. The summed E-state index contributed by atoms with van der Waals surface area (Å²) in [5.41, 5.74) is 2.14. The molecule has 1 unspecified atom stereocenters. The number of hydrogen-bond acceptors (Lipinski definition) is 8. The van der Waals surface area contributed by atoms with Gasteiger partial charge in [-0.25, -0.2) is 4.68 Å². The molecule has 0 bridgehead atoms. The van der Waals surface area contributed by atoms with E-state index in [1.807, 2.05) is 65.3 Å². The van der Waals surface area contributed by atoms with Crippen molar-refractivity contribution in [3.63, 3.8) is 0 Å². The molecule has 1 saturated carbocycles. The van der Waals surface area contributed by atoms with Gasteiger partial charge in [-0.3, -0.25) is 9.69 Å². The summed E-state index contributed by atoms with van der Waals surface area (Å²) in [6.45, 7) is 0.958. The van der Waals surface area contributed by atoms with Crippen molar-refractivity contribution in [3.05, 3.63) is 100.0 Å². The Hall–Kier alpha value is -4.44. The Bertz CT molecular complexity index is 1620. The van der Waals surface area contributed by atoms with Crippen LogP contribution < -0.4 is 15.0 Å². The smallest absolute Gasteiger partial charge is 0.253 e. The number of pyridine rings is 1. The molecule has 3 heterocycles. The number of nitrogens with one attached hydrogen (secondary N) is 1. The van der Waals surface area contributed by atoms with Gasteiger partial charge in [-0.1, -0.05) is 25.0 Å². The van der Waals surface area contributed by atoms with Crippen LogP contribution in [-0.2, 0) is 13.1 Å². The number of methoxy groups -OCH3 is 2. The van der Waals surface area contributed by atoms with Crippen LogP contribution in [0.2, 0.25) is 0 Å². The highest BCUT2D eigenvalue weighted by Crippen LogP contribution is 2.35. The van der Waals surface area contributed by atoms with Gasteiger partial charge in [-0.05, 0) is 77.4 Å². The van der Waals surface area contributed by atoms with Crippen molar-refractivity contribution >= 4 is 10.9 Å². The molecule has 0 radical (unpaired) electrons. The summed E-state index contributed by atoms with van der Waals surface area (Å²) in [7, 11) is 3.28. The fraction of sp³-hybridized carbons (Fsp3) is 0.333. The van der Waals surface area contributed by atoms with E-state index in [2.05, 4.69) is 25.4 Å². The van der Waals surface area contributed by atoms with Crippen LogP contribution in [0.3, 0.4) is 0 Å². The first-order valence-corrected chi connectivity index (χ1v) is 13.5. The van der Waals surface area contributed by atoms with Crippen molar-refractivity contribution in [2.75, 3.05) is 14.2 Å². The standard InChI is InChI=1S/C30H32N6O4/c1-38-23-11-9-20(10-12-23)18-35(19-25-8-5-15-40-25)28(29-32-33-34-36(29)22-6-3-4-7-22)26-17-21-16-24(39-2)13-14-27(21)31-30(26)37/h5,8-17,22,28H,3-4,6-7,18-19H2,1-2H3,(H,31,37). The molecule has 0 spiro atoms. The third-order valence-corrected chi connectivity index (χ3v) is 7.66. The predicted octanol–water partition coefficient (Wildman–Crippen LogP) is 5.03. The van der Waals surface area contributed by atoms with Crippen molar-refractivity contribution in [2.24, 2.45) is 0 Å². The van der Waals surface area contributed by atoms with Crippen molar-refractivity contribution in [1.82, 2.24) is 30.1 Å². The zero-order valence-corrected chi connectivity index (χ0v) is 22.6. The van der Waals surface area contributed by atoms with Gasteiger partial charge in [-0.2, -0.15) is 0 Å². The first kappa shape index (κ1) is 25.8. The lowest BCUT2D eigenvalue weighted by molar-refractivity contribution is 0.176. The molecule has 10 heteroatoms. The molecule has 10 nitrogen and oxygen atoms in total. The second kappa shape index (κ2) is 11.4. The summed E-state index contributed by atoms with van der Waals surface area (Å²) in [6, 6.07) is 18.9. The van der Waals surface area contributed by atoms with E-state index in [9.17, 15) is 4.79 Å². The molecule has 0 saturated heterocycles. The first-order chi connectivity index (χ1) is 19.6. The van der Waals surface area contributed by atoms with Gasteiger partial charge < -0.3 is 18.9 Å². The zero-order chi connectivity index (χ0) is 27.5. The summed E-state index contributed by atoms with van der Waals surface area (Å²) in [4.78, 5) is 19.0. The molecule has 1 aliphatic carbocycles. The molecule has 0 aliphatic heterocycles. The summed E-state index contributed by atoms with van der Waals surface area (Å²) >= 11 is 0. The minimum atomic E-state index is -0.554. The number of furan rings is 1. The number of ether oxygens (including phenoxy) is 2. The van der Waals surface area contributed by atoms with Gasteiger partial charge >= 0.3 is 0 Å². The number of aromatic amines is 1. The Kier molecular flexibility index (Phi) is 7.33. The Morgan fingerprint density at radius 2 is 1.80 bits per heavy atom. The van der Waals surface area contributed by atoms with E-state index in [-0.39, 0.29) is 11.6 Å². The molecule has 1 fully saturated rings. The molecule has 2 aromatic carbocycles.